The van der Waals surface area contributed by atoms with Crippen LogP contribution >= 0.6 is 0 Å². The Hall–Kier alpha value is -1.67. The van der Waals surface area contributed by atoms with E-state index in [-0.39, 0.29) is 0 Å². The van der Waals surface area contributed by atoms with Gasteiger partial charge >= 0.3 is 0 Å². The van der Waals surface area contributed by atoms with Crippen molar-refractivity contribution < 1.29 is 24.7 Å². The van der Waals surface area contributed by atoms with Gasteiger partial charge in [0.1, 0.15) is 12.1 Å². The zero-order chi connectivity index (χ0) is 16.0. The highest BCUT2D eigenvalue weighted by Crippen LogP contribution is 2.24. The van der Waals surface area contributed by atoms with Gasteiger partial charge < -0.3 is 15.7 Å². The molecular formula is C13H23N3O5. The summed E-state index contributed by atoms with van der Waals surface area (Å²) in [6, 6.07) is -0.689. The predicted molar refractivity (Wildman–Crippen MR) is 72.9 cm³/mol. The molecule has 1 rings (SSSR count). The Kier molecular flexibility index (Phi) is 6.57. The fourth-order valence-corrected chi connectivity index (χ4v) is 2.63. The lowest BCUT2D eigenvalue weighted by molar-refractivity contribution is -0.152. The second-order valence-corrected chi connectivity index (χ2v) is 5.26. The average Bonchev–Trinajstić information content (AvgIpc) is 2.95. The molecule has 0 aromatic carbocycles. The number of nitrogens with zero attached hydrogens (tertiary/aromatic N) is 1. The SMILES string of the molecule is CCCC[C@@H](C(=O)N1CCC[C@H]1C(N)=O)[C@H](O)C(=O)NO. The number of aliphatic hydroxyl groups is 1. The van der Waals surface area contributed by atoms with Crippen LogP contribution in [0.25, 0.3) is 0 Å². The van der Waals surface area contributed by atoms with Crippen LogP contribution in [0, 0.1) is 5.92 Å². The zero-order valence-corrected chi connectivity index (χ0v) is 12.1. The lowest BCUT2D eigenvalue weighted by atomic mass is 9.93. The molecule has 0 bridgehead atoms. The van der Waals surface area contributed by atoms with Crippen molar-refractivity contribution >= 4 is 17.7 Å². The Balaban J connectivity index is 2.88. The quantitative estimate of drug-likeness (QED) is 0.358. The number of primary amides is 1. The van der Waals surface area contributed by atoms with E-state index >= 15 is 0 Å². The van der Waals surface area contributed by atoms with Gasteiger partial charge in [0.05, 0.1) is 5.92 Å². The molecule has 0 aliphatic carbocycles. The van der Waals surface area contributed by atoms with Gasteiger partial charge in [0.2, 0.25) is 11.8 Å². The summed E-state index contributed by atoms with van der Waals surface area (Å²) in [5.41, 5.74) is 6.62. The summed E-state index contributed by atoms with van der Waals surface area (Å²) in [4.78, 5) is 36.6. The van der Waals surface area contributed by atoms with Gasteiger partial charge in [-0.05, 0) is 19.3 Å². The lowest BCUT2D eigenvalue weighted by Crippen LogP contribution is -2.50. The van der Waals surface area contributed by atoms with E-state index in [1.54, 1.807) is 0 Å². The van der Waals surface area contributed by atoms with Gasteiger partial charge in [-0.3, -0.25) is 19.6 Å². The fraction of sp³-hybridized carbons (Fsp3) is 0.769. The maximum atomic E-state index is 12.5. The zero-order valence-electron chi connectivity index (χ0n) is 12.1. The molecule has 0 spiro atoms. The number of carbonyl (C=O) groups is 3. The Morgan fingerprint density at radius 3 is 2.62 bits per heavy atom. The molecule has 3 atom stereocenters. The molecular weight excluding hydrogens is 278 g/mol. The number of rotatable bonds is 7. The molecule has 0 saturated carbocycles. The highest BCUT2D eigenvalue weighted by atomic mass is 16.5. The average molecular weight is 301 g/mol. The van der Waals surface area contributed by atoms with Crippen molar-refractivity contribution in [1.29, 1.82) is 0 Å². The summed E-state index contributed by atoms with van der Waals surface area (Å²) in [5.74, 6) is -3.08. The minimum absolute atomic E-state index is 0.298. The first-order chi connectivity index (χ1) is 9.93. The highest BCUT2D eigenvalue weighted by molar-refractivity contribution is 5.92. The van der Waals surface area contributed by atoms with Crippen LogP contribution in [0.4, 0.5) is 0 Å². The number of hydrogen-bond acceptors (Lipinski definition) is 5. The van der Waals surface area contributed by atoms with E-state index in [9.17, 15) is 19.5 Å². The van der Waals surface area contributed by atoms with Crippen LogP contribution < -0.4 is 11.2 Å². The van der Waals surface area contributed by atoms with Gasteiger partial charge in [-0.25, -0.2) is 5.48 Å². The van der Waals surface area contributed by atoms with E-state index in [4.69, 9.17) is 10.9 Å². The normalized spacial score (nSPS) is 20.9. The summed E-state index contributed by atoms with van der Waals surface area (Å²) in [5, 5.41) is 18.5. The molecule has 21 heavy (non-hydrogen) atoms. The molecule has 8 heteroatoms. The number of hydrogen-bond donors (Lipinski definition) is 4. The van der Waals surface area contributed by atoms with Crippen molar-refractivity contribution in [1.82, 2.24) is 10.4 Å². The van der Waals surface area contributed by atoms with Gasteiger partial charge in [-0.1, -0.05) is 19.8 Å². The van der Waals surface area contributed by atoms with Crippen LogP contribution in [0.15, 0.2) is 0 Å². The molecule has 120 valence electrons. The van der Waals surface area contributed by atoms with E-state index < -0.39 is 35.8 Å². The molecule has 1 saturated heterocycles. The molecule has 8 nitrogen and oxygen atoms in total. The maximum Gasteiger partial charge on any atom is 0.272 e. The van der Waals surface area contributed by atoms with Gasteiger partial charge in [-0.15, -0.1) is 0 Å². The third kappa shape index (κ3) is 4.15. The van der Waals surface area contributed by atoms with Crippen molar-refractivity contribution in [3.8, 4) is 0 Å². The van der Waals surface area contributed by atoms with Crippen LogP contribution in [0.1, 0.15) is 39.0 Å². The summed E-state index contributed by atoms with van der Waals surface area (Å²) in [7, 11) is 0. The van der Waals surface area contributed by atoms with Gasteiger partial charge in [0.25, 0.3) is 5.91 Å². The first kappa shape index (κ1) is 17.4. The molecule has 1 aliphatic heterocycles. The van der Waals surface area contributed by atoms with Gasteiger partial charge in [0, 0.05) is 6.54 Å². The highest BCUT2D eigenvalue weighted by Gasteiger charge is 2.40. The van der Waals surface area contributed by atoms with Crippen molar-refractivity contribution in [3.63, 3.8) is 0 Å². The molecule has 0 aromatic heterocycles. The minimum atomic E-state index is -1.65. The number of amides is 3. The number of unbranched alkanes of at least 4 members (excludes halogenated alkanes) is 1. The monoisotopic (exact) mass is 301 g/mol. The Morgan fingerprint density at radius 2 is 2.10 bits per heavy atom. The lowest BCUT2D eigenvalue weighted by Gasteiger charge is -2.29. The molecule has 0 aromatic rings. The third-order valence-corrected chi connectivity index (χ3v) is 3.81. The van der Waals surface area contributed by atoms with Crippen molar-refractivity contribution in [2.24, 2.45) is 11.7 Å². The smallest absolute Gasteiger partial charge is 0.272 e. The van der Waals surface area contributed by atoms with Crippen LogP contribution in [-0.2, 0) is 14.4 Å². The third-order valence-electron chi connectivity index (χ3n) is 3.81. The summed E-state index contributed by atoms with van der Waals surface area (Å²) in [6.45, 7) is 2.30. The minimum Gasteiger partial charge on any atom is -0.382 e. The van der Waals surface area contributed by atoms with Crippen LogP contribution in [0.2, 0.25) is 0 Å². The number of hydroxylamine groups is 1. The number of nitrogens with one attached hydrogen (secondary N) is 1. The first-order valence-electron chi connectivity index (χ1n) is 7.15. The second kappa shape index (κ2) is 7.94. The van der Waals surface area contributed by atoms with Crippen molar-refractivity contribution in [2.75, 3.05) is 6.54 Å². The predicted octanol–water partition coefficient (Wildman–Crippen LogP) is -0.865. The number of aliphatic hydroxyl groups excluding tert-OH is 1. The molecule has 1 aliphatic rings. The van der Waals surface area contributed by atoms with Gasteiger partial charge in [-0.2, -0.15) is 0 Å². The van der Waals surface area contributed by atoms with Gasteiger partial charge in [0.15, 0.2) is 0 Å². The van der Waals surface area contributed by atoms with E-state index in [1.807, 2.05) is 6.92 Å². The van der Waals surface area contributed by atoms with Crippen molar-refractivity contribution in [3.05, 3.63) is 0 Å². The molecule has 0 radical (unpaired) electrons. The topological polar surface area (TPSA) is 133 Å². The van der Waals surface area contributed by atoms with Crippen molar-refractivity contribution in [2.45, 2.75) is 51.2 Å². The summed E-state index contributed by atoms with van der Waals surface area (Å²) >= 11 is 0. The Labute approximate surface area is 123 Å². The van der Waals surface area contributed by atoms with Crippen LogP contribution in [0.3, 0.4) is 0 Å². The number of carbonyl (C=O) groups excluding carboxylic acids is 3. The molecule has 0 unspecified atom stereocenters. The number of likely N-dealkylation sites (tertiary alicyclic amines) is 1. The Bertz CT molecular complexity index is 401. The number of nitrogens with two attached hydrogens (primary N) is 1. The van der Waals surface area contributed by atoms with E-state index in [0.29, 0.717) is 32.2 Å². The van der Waals surface area contributed by atoms with Crippen LogP contribution in [0.5, 0.6) is 0 Å². The summed E-state index contributed by atoms with van der Waals surface area (Å²) < 4.78 is 0. The van der Waals surface area contributed by atoms with E-state index in [1.165, 1.54) is 10.4 Å². The van der Waals surface area contributed by atoms with E-state index in [2.05, 4.69) is 0 Å². The van der Waals surface area contributed by atoms with E-state index in [0.717, 1.165) is 6.42 Å². The first-order valence-corrected chi connectivity index (χ1v) is 7.15. The second-order valence-electron chi connectivity index (χ2n) is 5.26. The largest absolute Gasteiger partial charge is 0.382 e. The summed E-state index contributed by atoms with van der Waals surface area (Å²) in [6.07, 6.45) is 1.22. The molecule has 1 heterocycles. The maximum absolute atomic E-state index is 12.5. The Morgan fingerprint density at radius 1 is 1.43 bits per heavy atom. The standard InChI is InChI=1S/C13H23N3O5/c1-2-3-5-8(10(17)12(19)15-21)13(20)16-7-4-6-9(16)11(14)18/h8-10,17,21H,2-7H2,1H3,(H2,14,18)(H,15,19)/t8-,9+,10+/m1/s1. The van der Waals surface area contributed by atoms with Crippen LogP contribution in [-0.4, -0.2) is 51.6 Å². The fourth-order valence-electron chi connectivity index (χ4n) is 2.63. The molecule has 5 N–H and O–H groups in total. The molecule has 3 amide bonds. The molecule has 1 fully saturated rings.